The molecule has 3 aromatic rings. The van der Waals surface area contributed by atoms with E-state index in [9.17, 15) is 19.2 Å². The van der Waals surface area contributed by atoms with E-state index in [4.69, 9.17) is 17.3 Å². The summed E-state index contributed by atoms with van der Waals surface area (Å²) in [5.74, 6) is -1.29. The van der Waals surface area contributed by atoms with E-state index in [1.54, 1.807) is 27.8 Å². The van der Waals surface area contributed by atoms with Crippen molar-refractivity contribution in [3.8, 4) is 17.3 Å². The van der Waals surface area contributed by atoms with Crippen LogP contribution in [0, 0.1) is 17.1 Å². The van der Waals surface area contributed by atoms with Crippen molar-refractivity contribution in [2.24, 2.45) is 5.73 Å². The van der Waals surface area contributed by atoms with Crippen LogP contribution in [0.15, 0.2) is 36.4 Å². The van der Waals surface area contributed by atoms with Crippen LogP contribution in [0.1, 0.15) is 48.0 Å². The van der Waals surface area contributed by atoms with Crippen LogP contribution in [0.25, 0.3) is 11.3 Å². The number of anilines is 1. The number of hydrogen-bond acceptors (Lipinski definition) is 4. The van der Waals surface area contributed by atoms with Gasteiger partial charge in [-0.15, -0.1) is 0 Å². The fourth-order valence-electron chi connectivity index (χ4n) is 4.14. The van der Waals surface area contributed by atoms with Gasteiger partial charge < -0.3 is 16.0 Å². The predicted octanol–water partition coefficient (Wildman–Crippen LogP) is 4.66. The number of rotatable bonds is 3. The van der Waals surface area contributed by atoms with Crippen LogP contribution < -0.4 is 11.1 Å². The number of nitrogens with two attached hydrogens (primary N) is 1. The van der Waals surface area contributed by atoms with Gasteiger partial charge in [0.25, 0.3) is 5.91 Å². The molecule has 0 saturated heterocycles. The fourth-order valence-corrected chi connectivity index (χ4v) is 4.32. The molecule has 0 radical (unpaired) electrons. The number of benzene rings is 2. The topological polar surface area (TPSA) is 117 Å². The van der Waals surface area contributed by atoms with Gasteiger partial charge in [-0.3, -0.25) is 9.48 Å². The monoisotopic (exact) mass is 494 g/mol. The van der Waals surface area contributed by atoms with Crippen LogP contribution in [0.2, 0.25) is 5.02 Å². The fraction of sp³-hybridized carbons (Fsp3) is 0.280. The van der Waals surface area contributed by atoms with Crippen molar-refractivity contribution in [2.75, 3.05) is 11.9 Å². The van der Waals surface area contributed by atoms with E-state index in [0.29, 0.717) is 41.3 Å². The number of primary amides is 1. The second-order valence-corrected chi connectivity index (χ2v) is 9.77. The van der Waals surface area contributed by atoms with Gasteiger partial charge in [0.1, 0.15) is 11.5 Å². The Hall–Kier alpha value is -3.90. The average Bonchev–Trinajstić information content (AvgIpc) is 3.19. The predicted molar refractivity (Wildman–Crippen MR) is 130 cm³/mol. The van der Waals surface area contributed by atoms with Crippen LogP contribution in [-0.2, 0) is 18.5 Å². The third-order valence-electron chi connectivity index (χ3n) is 5.91. The molecule has 0 aliphatic carbocycles. The Morgan fingerprint density at radius 2 is 1.94 bits per heavy atom. The number of halogens is 2. The van der Waals surface area contributed by atoms with Crippen molar-refractivity contribution in [1.82, 2.24) is 14.7 Å². The van der Waals surface area contributed by atoms with Crippen LogP contribution in [0.3, 0.4) is 0 Å². The first kappa shape index (κ1) is 24.2. The molecule has 0 unspecified atom stereocenters. The quantitative estimate of drug-likeness (QED) is 0.550. The van der Waals surface area contributed by atoms with E-state index in [1.807, 2.05) is 20.8 Å². The highest BCUT2D eigenvalue weighted by atomic mass is 35.5. The molecule has 180 valence electrons. The van der Waals surface area contributed by atoms with E-state index >= 15 is 0 Å². The molecular weight excluding hydrogens is 471 g/mol. The zero-order valence-electron chi connectivity index (χ0n) is 19.5. The summed E-state index contributed by atoms with van der Waals surface area (Å²) in [6, 6.07) is 11.1. The van der Waals surface area contributed by atoms with Crippen molar-refractivity contribution in [2.45, 2.75) is 39.3 Å². The summed E-state index contributed by atoms with van der Waals surface area (Å²) < 4.78 is 15.3. The molecule has 10 heteroatoms. The average molecular weight is 495 g/mol. The molecule has 3 amide bonds. The highest BCUT2D eigenvalue weighted by Gasteiger charge is 2.30. The Labute approximate surface area is 207 Å². The number of amides is 3. The van der Waals surface area contributed by atoms with Crippen LogP contribution in [-0.4, -0.2) is 33.2 Å². The Balaban J connectivity index is 1.62. The molecule has 0 fully saturated rings. The minimum Gasteiger partial charge on any atom is -0.365 e. The lowest BCUT2D eigenvalue weighted by Crippen LogP contribution is -2.41. The molecule has 1 aliphatic rings. The Bertz CT molecular complexity index is 1390. The number of fused-ring (bicyclic) bond motifs is 1. The zero-order chi connectivity index (χ0) is 25.5. The van der Waals surface area contributed by atoms with Gasteiger partial charge >= 0.3 is 6.03 Å². The minimum atomic E-state index is -0.703. The number of carbonyl (C=O) groups excluding carboxylic acids is 2. The lowest BCUT2D eigenvalue weighted by Gasteiger charge is -2.28. The molecule has 0 saturated carbocycles. The van der Waals surface area contributed by atoms with E-state index < -0.39 is 11.7 Å². The van der Waals surface area contributed by atoms with Gasteiger partial charge in [-0.2, -0.15) is 10.4 Å². The van der Waals surface area contributed by atoms with Gasteiger partial charge in [-0.25, -0.2) is 9.18 Å². The molecule has 2 heterocycles. The summed E-state index contributed by atoms with van der Waals surface area (Å²) in [5, 5.41) is 16.7. The number of carbonyl (C=O) groups is 2. The van der Waals surface area contributed by atoms with Gasteiger partial charge in [0.15, 0.2) is 0 Å². The number of aromatic nitrogens is 2. The van der Waals surface area contributed by atoms with Crippen molar-refractivity contribution in [1.29, 1.82) is 5.26 Å². The standard InChI is InChI=1S/C25H24ClFN6O2/c1-25(2,3)17-11-16(6-4-15(17)12-28)30-24(35)32-8-9-33-20(13-32)21(23(29)34)22(31-33)14-5-7-19(27)18(26)10-14/h4-7,10-11H,8-9,13H2,1-3H3,(H2,29,34)(H,30,35). The Morgan fingerprint density at radius 1 is 1.20 bits per heavy atom. The van der Waals surface area contributed by atoms with E-state index in [-0.39, 0.29) is 28.6 Å². The lowest BCUT2D eigenvalue weighted by atomic mass is 9.84. The van der Waals surface area contributed by atoms with Crippen molar-refractivity contribution >= 4 is 29.2 Å². The second kappa shape index (κ2) is 9.04. The summed E-state index contributed by atoms with van der Waals surface area (Å²) >= 11 is 5.92. The first-order valence-corrected chi connectivity index (χ1v) is 11.3. The zero-order valence-corrected chi connectivity index (χ0v) is 20.3. The molecule has 4 rings (SSSR count). The summed E-state index contributed by atoms with van der Waals surface area (Å²) in [7, 11) is 0. The minimum absolute atomic E-state index is 0.0954. The largest absolute Gasteiger partial charge is 0.365 e. The molecule has 0 bridgehead atoms. The van der Waals surface area contributed by atoms with Crippen molar-refractivity contribution < 1.29 is 14.0 Å². The first-order valence-electron chi connectivity index (χ1n) is 10.9. The first-order chi connectivity index (χ1) is 16.5. The molecule has 2 aromatic carbocycles. The molecule has 1 aromatic heterocycles. The van der Waals surface area contributed by atoms with Gasteiger partial charge in [0.2, 0.25) is 0 Å². The lowest BCUT2D eigenvalue weighted by molar-refractivity contribution is 0.0997. The van der Waals surface area contributed by atoms with Crippen LogP contribution >= 0.6 is 11.6 Å². The summed E-state index contributed by atoms with van der Waals surface area (Å²) in [4.78, 5) is 27.0. The van der Waals surface area contributed by atoms with Crippen LogP contribution in [0.5, 0.6) is 0 Å². The molecule has 0 atom stereocenters. The van der Waals surface area contributed by atoms with E-state index in [0.717, 1.165) is 5.56 Å². The summed E-state index contributed by atoms with van der Waals surface area (Å²) in [5.41, 5.74) is 8.74. The molecule has 1 aliphatic heterocycles. The highest BCUT2D eigenvalue weighted by Crippen LogP contribution is 2.31. The van der Waals surface area contributed by atoms with E-state index in [2.05, 4.69) is 16.5 Å². The smallest absolute Gasteiger partial charge is 0.322 e. The maximum atomic E-state index is 13.6. The van der Waals surface area contributed by atoms with Gasteiger partial charge in [0, 0.05) is 17.8 Å². The molecule has 0 spiro atoms. The highest BCUT2D eigenvalue weighted by molar-refractivity contribution is 6.31. The maximum absolute atomic E-state index is 13.6. The molecule has 35 heavy (non-hydrogen) atoms. The maximum Gasteiger partial charge on any atom is 0.322 e. The molecule has 8 nitrogen and oxygen atoms in total. The third-order valence-corrected chi connectivity index (χ3v) is 6.20. The van der Waals surface area contributed by atoms with E-state index in [1.165, 1.54) is 18.2 Å². The Kier molecular flexibility index (Phi) is 6.26. The summed E-state index contributed by atoms with van der Waals surface area (Å²) in [6.45, 7) is 6.80. The van der Waals surface area contributed by atoms with Crippen molar-refractivity contribution in [3.63, 3.8) is 0 Å². The molecule has 3 N–H and O–H groups in total. The number of urea groups is 1. The second-order valence-electron chi connectivity index (χ2n) is 9.36. The summed E-state index contributed by atoms with van der Waals surface area (Å²) in [6.07, 6.45) is 0. The van der Waals surface area contributed by atoms with Crippen LogP contribution in [0.4, 0.5) is 14.9 Å². The van der Waals surface area contributed by atoms with Gasteiger partial charge in [-0.05, 0) is 47.4 Å². The number of hydrogen-bond donors (Lipinski definition) is 2. The normalized spacial score (nSPS) is 13.2. The van der Waals surface area contributed by atoms with Gasteiger partial charge in [-0.1, -0.05) is 32.4 Å². The van der Waals surface area contributed by atoms with Gasteiger partial charge in [0.05, 0.1) is 41.0 Å². The Morgan fingerprint density at radius 3 is 2.57 bits per heavy atom. The molecular formula is C25H24ClFN6O2. The number of nitriles is 1. The SMILES string of the molecule is CC(C)(C)c1cc(NC(=O)N2CCn3nc(-c4ccc(F)c(Cl)c4)c(C(N)=O)c3C2)ccc1C#N. The van der Waals surface area contributed by atoms with Crippen molar-refractivity contribution in [3.05, 3.63) is 69.6 Å². The number of nitrogens with one attached hydrogen (secondary N) is 1. The number of nitrogens with zero attached hydrogens (tertiary/aromatic N) is 4. The third kappa shape index (κ3) is 4.70.